The van der Waals surface area contributed by atoms with Crippen LogP contribution in [0.3, 0.4) is 0 Å². The molecular formula is C40H44Cl2N4O6S2. The number of hydrogen-bond acceptors (Lipinski definition) is 8. The van der Waals surface area contributed by atoms with E-state index in [1.807, 2.05) is 36.4 Å². The van der Waals surface area contributed by atoms with Crippen molar-refractivity contribution in [2.45, 2.75) is 72.9 Å². The quantitative estimate of drug-likeness (QED) is 0.181. The van der Waals surface area contributed by atoms with E-state index in [4.69, 9.17) is 32.9 Å². The predicted molar refractivity (Wildman–Crippen MR) is 215 cm³/mol. The van der Waals surface area contributed by atoms with Crippen LogP contribution in [0.1, 0.15) is 59.8 Å². The zero-order chi connectivity index (χ0) is 38.0. The minimum Gasteiger partial charge on any atom is -0.335 e. The van der Waals surface area contributed by atoms with Gasteiger partial charge in [-0.05, 0) is 48.9 Å². The molecule has 2 fully saturated rings. The molecule has 0 spiro atoms. The lowest BCUT2D eigenvalue weighted by Crippen LogP contribution is -2.52. The molecule has 0 radical (unpaired) electrons. The minimum absolute atomic E-state index is 0.0389. The molecular weight excluding hydrogens is 768 g/mol. The monoisotopic (exact) mass is 810 g/mol. The van der Waals surface area contributed by atoms with E-state index in [1.54, 1.807) is 12.5 Å². The summed E-state index contributed by atoms with van der Waals surface area (Å²) < 4.78 is 28.0. The van der Waals surface area contributed by atoms with Crippen molar-refractivity contribution < 1.29 is 27.7 Å². The zero-order valence-corrected chi connectivity index (χ0v) is 33.5. The predicted octanol–water partition coefficient (Wildman–Crippen LogP) is 5.59. The van der Waals surface area contributed by atoms with Crippen molar-refractivity contribution in [3.8, 4) is 0 Å². The summed E-state index contributed by atoms with van der Waals surface area (Å²) in [5.74, 6) is -0.971. The number of benzene rings is 2. The summed E-state index contributed by atoms with van der Waals surface area (Å²) in [6.45, 7) is 10.7. The van der Waals surface area contributed by atoms with Gasteiger partial charge in [0.05, 0.1) is 23.9 Å². The summed E-state index contributed by atoms with van der Waals surface area (Å²) in [5.41, 5.74) is 5.40. The molecule has 2 aliphatic heterocycles. The second kappa shape index (κ2) is 15.0. The van der Waals surface area contributed by atoms with Crippen molar-refractivity contribution in [1.82, 2.24) is 19.3 Å². The third kappa shape index (κ3) is 6.40. The van der Waals surface area contributed by atoms with Crippen molar-refractivity contribution in [2.75, 3.05) is 38.7 Å². The molecule has 0 bridgehead atoms. The molecule has 2 aliphatic carbocycles. The summed E-state index contributed by atoms with van der Waals surface area (Å²) in [5, 5.41) is 2.66. The number of nitrogens with zero attached hydrogens (tertiary/aromatic N) is 4. The van der Waals surface area contributed by atoms with Crippen LogP contribution in [0.4, 0.5) is 0 Å². The van der Waals surface area contributed by atoms with Crippen LogP contribution in [0.5, 0.6) is 0 Å². The highest BCUT2D eigenvalue weighted by Gasteiger charge is 2.44. The fraction of sp³-hybridized carbons (Fsp3) is 0.450. The average Bonchev–Trinajstić information content (AvgIpc) is 3.57. The molecule has 0 saturated carbocycles. The van der Waals surface area contributed by atoms with Crippen LogP contribution in [0, 0.1) is 0 Å². The molecule has 286 valence electrons. The summed E-state index contributed by atoms with van der Waals surface area (Å²) in [6.07, 6.45) is 9.73. The van der Waals surface area contributed by atoms with E-state index in [0.717, 1.165) is 59.0 Å². The fourth-order valence-corrected chi connectivity index (χ4v) is 12.0. The molecule has 2 aromatic heterocycles. The highest BCUT2D eigenvalue weighted by Crippen LogP contribution is 2.48. The second-order valence-electron chi connectivity index (χ2n) is 15.0. The van der Waals surface area contributed by atoms with Crippen LogP contribution in [0.15, 0.2) is 61.7 Å². The van der Waals surface area contributed by atoms with Crippen molar-refractivity contribution in [1.29, 1.82) is 0 Å². The molecule has 14 heteroatoms. The first kappa shape index (κ1) is 37.7. The topological polar surface area (TPSA) is 103 Å². The van der Waals surface area contributed by atoms with Crippen LogP contribution >= 0.6 is 23.2 Å². The van der Waals surface area contributed by atoms with Gasteiger partial charge < -0.3 is 9.68 Å². The first-order chi connectivity index (χ1) is 26.0. The van der Waals surface area contributed by atoms with Gasteiger partial charge in [-0.25, -0.2) is 9.59 Å². The zero-order valence-electron chi connectivity index (χ0n) is 30.4. The first-order valence-electron chi connectivity index (χ1n) is 18.4. The van der Waals surface area contributed by atoms with Crippen LogP contribution in [0.25, 0.3) is 21.8 Å². The van der Waals surface area contributed by atoms with Gasteiger partial charge in [-0.2, -0.15) is 9.46 Å². The lowest BCUT2D eigenvalue weighted by molar-refractivity contribution is -0.150. The van der Waals surface area contributed by atoms with Gasteiger partial charge >= 0.3 is 11.9 Å². The number of carbonyl (C=O) groups excluding carboxylic acids is 2. The van der Waals surface area contributed by atoms with Gasteiger partial charge in [0.15, 0.2) is 10.3 Å². The van der Waals surface area contributed by atoms with E-state index in [9.17, 15) is 18.0 Å². The van der Waals surface area contributed by atoms with Gasteiger partial charge in [0.2, 0.25) is 0 Å². The van der Waals surface area contributed by atoms with Gasteiger partial charge in [0.1, 0.15) is 0 Å². The molecule has 0 amide bonds. The molecule has 0 N–H and O–H groups in total. The highest BCUT2D eigenvalue weighted by atomic mass is 35.5. The lowest BCUT2D eigenvalue weighted by Gasteiger charge is -2.46. The Morgan fingerprint density at radius 3 is 1.52 bits per heavy atom. The summed E-state index contributed by atoms with van der Waals surface area (Å²) in [7, 11) is -1.95. The van der Waals surface area contributed by atoms with Crippen LogP contribution in [-0.4, -0.2) is 101 Å². The summed E-state index contributed by atoms with van der Waals surface area (Å²) in [6, 6.07) is 12.1. The van der Waals surface area contributed by atoms with E-state index in [1.165, 1.54) is 9.46 Å². The van der Waals surface area contributed by atoms with Gasteiger partial charge in [0.25, 0.3) is 0 Å². The van der Waals surface area contributed by atoms with E-state index >= 15 is 0 Å². The Bertz CT molecular complexity index is 2100. The molecule has 54 heavy (non-hydrogen) atoms. The van der Waals surface area contributed by atoms with E-state index in [2.05, 4.69) is 35.1 Å². The van der Waals surface area contributed by atoms with Crippen molar-refractivity contribution >= 4 is 78.5 Å². The van der Waals surface area contributed by atoms with E-state index in [-0.39, 0.29) is 47.3 Å². The Labute approximate surface area is 329 Å². The van der Waals surface area contributed by atoms with Gasteiger partial charge in [-0.3, -0.25) is 18.2 Å². The molecule has 4 aliphatic rings. The number of likely N-dealkylation sites (tertiary alicyclic amines) is 2. The Morgan fingerprint density at radius 1 is 0.741 bits per heavy atom. The largest absolute Gasteiger partial charge is 0.335 e. The summed E-state index contributed by atoms with van der Waals surface area (Å²) >= 11 is 14.0. The molecule has 4 heterocycles. The third-order valence-corrected chi connectivity index (χ3v) is 15.4. The number of halogens is 2. The molecule has 8 atom stereocenters. The standard InChI is InChI=1S/C40H44Cl2N4O6S2/c1-5-15-43-21-23(53(3)49)17-27-25-9-7-11-31-37(25)29(19-33(27)43)39(41)45(31)51-35(47)13-14-36(48)52-46-32-12-8-10-26-28-18-24(54(4)50)22-44(16-6-2)34(28)20-30(38(26)32)40(46)42/h5-12,23-24,27-28,33-34H,1-2,13-22H2,3-4H3/t23?,24?,27-,28-,33-,34-,53?,54?/m1/s1. The molecule has 2 aromatic carbocycles. The summed E-state index contributed by atoms with van der Waals surface area (Å²) in [4.78, 5) is 43.0. The van der Waals surface area contributed by atoms with E-state index in [0.29, 0.717) is 47.3 Å². The van der Waals surface area contributed by atoms with Gasteiger partial charge in [-0.15, -0.1) is 13.2 Å². The Balaban J connectivity index is 0.997. The number of rotatable bonds is 11. The number of piperidine rings is 2. The minimum atomic E-state index is -0.975. The van der Waals surface area contributed by atoms with E-state index < -0.39 is 33.5 Å². The third-order valence-electron chi connectivity index (χ3n) is 12.0. The maximum absolute atomic E-state index is 13.3. The van der Waals surface area contributed by atoms with Gasteiger partial charge in [-0.1, -0.05) is 59.6 Å². The lowest BCUT2D eigenvalue weighted by atomic mass is 9.75. The fourth-order valence-electron chi connectivity index (χ4n) is 9.64. The Kier molecular flexibility index (Phi) is 10.5. The molecule has 4 aromatic rings. The average molecular weight is 812 g/mol. The number of carbonyl (C=O) groups is 2. The Morgan fingerprint density at radius 2 is 1.15 bits per heavy atom. The SMILES string of the molecule is C=CCN1CC(S(C)=O)C[C@@H]2c3cccc4c3c(c(Cl)n4OC(=O)CCC(=O)On3c(Cl)c4c5c(cccc53)[C@H]3CC(S(C)=O)CN(CC=C)[C@@H]3C4)C[C@H]21. The van der Waals surface area contributed by atoms with Crippen molar-refractivity contribution in [3.05, 3.63) is 94.3 Å². The van der Waals surface area contributed by atoms with Crippen LogP contribution < -0.4 is 9.68 Å². The molecule has 10 nitrogen and oxygen atoms in total. The van der Waals surface area contributed by atoms with Crippen molar-refractivity contribution in [2.24, 2.45) is 0 Å². The molecule has 4 unspecified atom stereocenters. The first-order valence-corrected chi connectivity index (χ1v) is 22.4. The van der Waals surface area contributed by atoms with Gasteiger partial charge in [0, 0.05) is 117 Å². The number of hydrogen-bond donors (Lipinski definition) is 0. The molecule has 2 saturated heterocycles. The maximum Gasteiger partial charge on any atom is 0.333 e. The highest BCUT2D eigenvalue weighted by molar-refractivity contribution is 7.85. The second-order valence-corrected chi connectivity index (χ2v) is 19.0. The number of aromatic nitrogens is 2. The van der Waals surface area contributed by atoms with Crippen LogP contribution in [-0.2, 0) is 44.0 Å². The smallest absolute Gasteiger partial charge is 0.333 e. The normalized spacial score (nSPS) is 26.1. The molecule has 8 rings (SSSR count). The van der Waals surface area contributed by atoms with Crippen molar-refractivity contribution in [3.63, 3.8) is 0 Å². The maximum atomic E-state index is 13.3. The number of fused-ring (bicyclic) bond motifs is 4. The van der Waals surface area contributed by atoms with Crippen LogP contribution in [0.2, 0.25) is 10.3 Å². The Hall–Kier alpha value is -3.26.